The summed E-state index contributed by atoms with van der Waals surface area (Å²) in [4.78, 5) is 57.5. The van der Waals surface area contributed by atoms with Crippen LogP contribution in [0.25, 0.3) is 0 Å². The number of benzene rings is 2. The Labute approximate surface area is 250 Å². The number of aromatic nitrogens is 1. The van der Waals surface area contributed by atoms with E-state index < -0.39 is 51.2 Å². The minimum absolute atomic E-state index is 0.224. The first-order chi connectivity index (χ1) is 20.6. The van der Waals surface area contributed by atoms with Crippen molar-refractivity contribution in [2.24, 2.45) is 5.92 Å². The van der Waals surface area contributed by atoms with Crippen molar-refractivity contribution in [1.29, 1.82) is 0 Å². The monoisotopic (exact) mass is 635 g/mol. The van der Waals surface area contributed by atoms with E-state index in [0.29, 0.717) is 46.7 Å². The van der Waals surface area contributed by atoms with Gasteiger partial charge in [0.1, 0.15) is 5.25 Å². The number of ether oxygens (including phenoxy) is 3. The molecule has 15 heteroatoms. The molecule has 3 aliphatic rings. The fourth-order valence-electron chi connectivity index (χ4n) is 5.56. The normalized spacial score (nSPS) is 21.9. The van der Waals surface area contributed by atoms with Gasteiger partial charge in [0, 0.05) is 23.9 Å². The molecular formula is C28H24F3N3O7S2. The van der Waals surface area contributed by atoms with Gasteiger partial charge in [0.25, 0.3) is 5.91 Å². The second kappa shape index (κ2) is 11.4. The largest absolute Gasteiger partial charge is 0.493 e. The van der Waals surface area contributed by atoms with Gasteiger partial charge < -0.3 is 24.1 Å². The molecule has 1 aromatic heterocycles. The zero-order chi connectivity index (χ0) is 30.5. The summed E-state index contributed by atoms with van der Waals surface area (Å²) in [6, 6.07) is 9.22. The molecule has 0 saturated carbocycles. The van der Waals surface area contributed by atoms with Gasteiger partial charge in [-0.25, -0.2) is 4.90 Å². The van der Waals surface area contributed by atoms with Gasteiger partial charge in [0.15, 0.2) is 18.1 Å². The maximum atomic E-state index is 13.9. The molecule has 0 radical (unpaired) electrons. The second-order valence-corrected chi connectivity index (χ2v) is 12.1. The van der Waals surface area contributed by atoms with Gasteiger partial charge in [-0.15, -0.1) is 0 Å². The zero-order valence-electron chi connectivity index (χ0n) is 22.5. The summed E-state index contributed by atoms with van der Waals surface area (Å²) < 4.78 is 58.2. The molecule has 0 spiro atoms. The summed E-state index contributed by atoms with van der Waals surface area (Å²) in [5.41, 5.74) is -1.15. The minimum Gasteiger partial charge on any atom is -0.493 e. The van der Waals surface area contributed by atoms with E-state index in [1.165, 1.54) is 19.2 Å². The Bertz CT molecular complexity index is 1650. The molecule has 43 heavy (non-hydrogen) atoms. The smallest absolute Gasteiger partial charge is 0.418 e. The third kappa shape index (κ3) is 5.29. The van der Waals surface area contributed by atoms with Crippen LogP contribution in [0.4, 0.5) is 18.9 Å². The number of thiazole rings is 1. The number of rotatable bonds is 6. The average molecular weight is 636 g/mol. The minimum atomic E-state index is -4.80. The molecule has 0 bridgehead atoms. The lowest BCUT2D eigenvalue weighted by Gasteiger charge is -2.30. The van der Waals surface area contributed by atoms with Crippen molar-refractivity contribution < 1.29 is 41.8 Å². The summed E-state index contributed by atoms with van der Waals surface area (Å²) in [5.74, 6) is -3.27. The van der Waals surface area contributed by atoms with E-state index in [4.69, 9.17) is 14.2 Å². The number of nitrogens with zero attached hydrogens (tertiary/aromatic N) is 2. The zero-order valence-corrected chi connectivity index (χ0v) is 24.1. The first-order valence-corrected chi connectivity index (χ1v) is 14.9. The fourth-order valence-corrected chi connectivity index (χ4v) is 8.08. The standard InChI is InChI=1S/C28H24F3N3O7S2/c1-39-18-12-14(6-7-17(18)41-13-19(35)33-8-10-40-11-9-33)20-21-23(42-24-22(20)43-27(38)32-24)26(37)34(25(21)36)16-5-3-2-4-15(16)28(29,30)31/h2-7,12,20-21,23H,8-11,13H2,1H3,(H,32,38)/t20-,21?,23?/m1/s1. The Kier molecular flexibility index (Phi) is 7.73. The van der Waals surface area contributed by atoms with E-state index in [1.807, 2.05) is 0 Å². The number of fused-ring (bicyclic) bond motifs is 2. The van der Waals surface area contributed by atoms with Gasteiger partial charge in [-0.1, -0.05) is 41.3 Å². The maximum absolute atomic E-state index is 13.9. The van der Waals surface area contributed by atoms with E-state index in [9.17, 15) is 32.3 Å². The maximum Gasteiger partial charge on any atom is 0.418 e. The number of H-pyrrole nitrogens is 1. The van der Waals surface area contributed by atoms with Crippen LogP contribution in [0.2, 0.25) is 0 Å². The number of alkyl halides is 3. The molecule has 2 unspecified atom stereocenters. The number of para-hydroxylation sites is 1. The Morgan fingerprint density at radius 3 is 2.53 bits per heavy atom. The van der Waals surface area contributed by atoms with Gasteiger partial charge in [0.2, 0.25) is 11.8 Å². The molecule has 0 aliphatic carbocycles. The molecule has 2 saturated heterocycles. The van der Waals surface area contributed by atoms with Gasteiger partial charge in [-0.05, 0) is 29.8 Å². The predicted octanol–water partition coefficient (Wildman–Crippen LogP) is 3.50. The van der Waals surface area contributed by atoms with Crippen LogP contribution < -0.4 is 19.2 Å². The number of carbonyl (C=O) groups excluding carboxylic acids is 3. The van der Waals surface area contributed by atoms with Crippen molar-refractivity contribution in [3.63, 3.8) is 0 Å². The lowest BCUT2D eigenvalue weighted by atomic mass is 9.83. The van der Waals surface area contributed by atoms with Crippen LogP contribution in [0.5, 0.6) is 11.5 Å². The highest BCUT2D eigenvalue weighted by atomic mass is 32.2. The van der Waals surface area contributed by atoms with Crippen molar-refractivity contribution in [3.8, 4) is 11.5 Å². The number of imide groups is 1. The van der Waals surface area contributed by atoms with Gasteiger partial charge >= 0.3 is 11.0 Å². The molecule has 2 fully saturated rings. The van der Waals surface area contributed by atoms with Crippen molar-refractivity contribution in [2.45, 2.75) is 22.4 Å². The number of methoxy groups -OCH3 is 1. The van der Waals surface area contributed by atoms with Crippen LogP contribution in [0.1, 0.15) is 21.9 Å². The number of nitrogens with one attached hydrogen (secondary N) is 1. The highest BCUT2D eigenvalue weighted by Crippen LogP contribution is 2.54. The molecule has 3 atom stereocenters. The average Bonchev–Trinajstić information content (AvgIpc) is 3.49. The van der Waals surface area contributed by atoms with Gasteiger partial charge in [0.05, 0.1) is 42.5 Å². The van der Waals surface area contributed by atoms with Crippen LogP contribution in [0, 0.1) is 5.92 Å². The van der Waals surface area contributed by atoms with E-state index in [0.717, 1.165) is 35.2 Å². The quantitative estimate of drug-likeness (QED) is 0.409. The Morgan fingerprint density at radius 1 is 1.07 bits per heavy atom. The Hall–Kier alpha value is -3.82. The summed E-state index contributed by atoms with van der Waals surface area (Å²) in [6.45, 7) is 1.56. The number of thioether (sulfide) groups is 1. The number of amides is 3. The molecule has 4 heterocycles. The van der Waals surface area contributed by atoms with Crippen LogP contribution in [0.3, 0.4) is 0 Å². The molecule has 3 amide bonds. The number of halogens is 3. The van der Waals surface area contributed by atoms with Crippen molar-refractivity contribution in [1.82, 2.24) is 9.88 Å². The number of morpholine rings is 1. The topological polar surface area (TPSA) is 118 Å². The highest BCUT2D eigenvalue weighted by molar-refractivity contribution is 8.00. The van der Waals surface area contributed by atoms with Crippen LogP contribution in [-0.4, -0.2) is 72.9 Å². The molecule has 3 aliphatic heterocycles. The molecule has 1 N–H and O–H groups in total. The summed E-state index contributed by atoms with van der Waals surface area (Å²) in [7, 11) is 1.40. The lowest BCUT2D eigenvalue weighted by molar-refractivity contribution is -0.138. The predicted molar refractivity (Wildman–Crippen MR) is 150 cm³/mol. The number of hydrogen-bond donors (Lipinski definition) is 1. The second-order valence-electron chi connectivity index (χ2n) is 9.97. The SMILES string of the molecule is COc1cc([C@H]2c3sc(=O)[nH]c3SC3C(=O)N(c4ccccc4C(F)(F)F)C(=O)C32)ccc1OCC(=O)N1CCOCC1. The Morgan fingerprint density at radius 2 is 1.81 bits per heavy atom. The number of hydrogen-bond acceptors (Lipinski definition) is 9. The molecule has 10 nitrogen and oxygen atoms in total. The van der Waals surface area contributed by atoms with E-state index in [1.54, 1.807) is 23.1 Å². The van der Waals surface area contributed by atoms with Crippen LogP contribution in [-0.2, 0) is 25.3 Å². The first kappa shape index (κ1) is 29.3. The van der Waals surface area contributed by atoms with E-state index >= 15 is 0 Å². The first-order valence-electron chi connectivity index (χ1n) is 13.2. The highest BCUT2D eigenvalue weighted by Gasteiger charge is 2.57. The number of aromatic amines is 1. The molecule has 6 rings (SSSR count). The molecule has 2 aromatic carbocycles. The number of anilines is 1. The molecular weight excluding hydrogens is 611 g/mol. The molecule has 226 valence electrons. The molecule has 3 aromatic rings. The van der Waals surface area contributed by atoms with Crippen LogP contribution >= 0.6 is 23.1 Å². The van der Waals surface area contributed by atoms with Crippen molar-refractivity contribution in [2.75, 3.05) is 44.9 Å². The van der Waals surface area contributed by atoms with Gasteiger partial charge in [-0.3, -0.25) is 19.2 Å². The van der Waals surface area contributed by atoms with Crippen molar-refractivity contribution >= 4 is 46.5 Å². The van der Waals surface area contributed by atoms with E-state index in [2.05, 4.69) is 4.98 Å². The fraction of sp³-hybridized carbons (Fsp3) is 0.357. The summed E-state index contributed by atoms with van der Waals surface area (Å²) >= 11 is 1.83. The lowest BCUT2D eigenvalue weighted by Crippen LogP contribution is -2.43. The summed E-state index contributed by atoms with van der Waals surface area (Å²) in [6.07, 6.45) is -4.80. The third-order valence-electron chi connectivity index (χ3n) is 7.54. The summed E-state index contributed by atoms with van der Waals surface area (Å²) in [5, 5.41) is -0.701. The van der Waals surface area contributed by atoms with E-state index in [-0.39, 0.29) is 24.0 Å². The van der Waals surface area contributed by atoms with Gasteiger partial charge in [-0.2, -0.15) is 13.2 Å². The third-order valence-corrected chi connectivity index (χ3v) is 9.94. The van der Waals surface area contributed by atoms with Crippen LogP contribution in [0.15, 0.2) is 52.3 Å². The van der Waals surface area contributed by atoms with Crippen molar-refractivity contribution in [3.05, 3.63) is 68.1 Å². The Balaban J connectivity index is 1.35. The number of carbonyl (C=O) groups is 3.